The molecule has 1 amide bonds. The lowest BCUT2D eigenvalue weighted by Crippen LogP contribution is -2.15. The molecule has 4 nitrogen and oxygen atoms in total. The number of anilines is 1. The smallest absolute Gasteiger partial charge is 0.308 e. The molecule has 8 heteroatoms. The van der Waals surface area contributed by atoms with E-state index in [4.69, 9.17) is 11.6 Å². The largest absolute Gasteiger partial charge is 0.433 e. The zero-order valence-corrected chi connectivity index (χ0v) is 14.0. The number of amides is 1. The fraction of sp³-hybridized carbons (Fsp3) is 0.111. The number of carbonyl (C=O) groups excluding carboxylic acids is 1. The SMILES string of the molecule is O=C(Cc1ccc(Cl)cc1)Nc1n[nH]c(C(F)(F)F)c1-c1ccccc1. The number of halogens is 4. The van der Waals surface area contributed by atoms with E-state index in [1.54, 1.807) is 42.5 Å². The summed E-state index contributed by atoms with van der Waals surface area (Å²) in [7, 11) is 0. The Hall–Kier alpha value is -2.80. The number of nitrogens with zero attached hydrogens (tertiary/aromatic N) is 1. The predicted octanol–water partition coefficient (Wildman–Crippen LogP) is 4.93. The average Bonchev–Trinajstić information content (AvgIpc) is 3.01. The molecular weight excluding hydrogens is 367 g/mol. The quantitative estimate of drug-likeness (QED) is 0.675. The second kappa shape index (κ2) is 7.21. The molecule has 0 fully saturated rings. The highest BCUT2D eigenvalue weighted by atomic mass is 35.5. The lowest BCUT2D eigenvalue weighted by Gasteiger charge is -2.10. The Morgan fingerprint density at radius 1 is 1.08 bits per heavy atom. The van der Waals surface area contributed by atoms with Crippen LogP contribution in [0.1, 0.15) is 11.3 Å². The van der Waals surface area contributed by atoms with Gasteiger partial charge in [0.05, 0.1) is 12.0 Å². The summed E-state index contributed by atoms with van der Waals surface area (Å²) in [6.07, 6.45) is -4.64. The van der Waals surface area contributed by atoms with Gasteiger partial charge in [-0.15, -0.1) is 0 Å². The van der Waals surface area contributed by atoms with Crippen LogP contribution < -0.4 is 5.32 Å². The van der Waals surface area contributed by atoms with Crippen LogP contribution in [0.3, 0.4) is 0 Å². The minimum absolute atomic E-state index is 0.0143. The van der Waals surface area contributed by atoms with Crippen molar-refractivity contribution < 1.29 is 18.0 Å². The first-order valence-electron chi connectivity index (χ1n) is 7.60. The lowest BCUT2D eigenvalue weighted by atomic mass is 10.0. The molecular formula is C18H13ClF3N3O. The van der Waals surface area contributed by atoms with Crippen molar-refractivity contribution in [2.45, 2.75) is 12.6 Å². The van der Waals surface area contributed by atoms with Crippen molar-refractivity contribution in [3.05, 3.63) is 70.9 Å². The minimum Gasteiger partial charge on any atom is -0.308 e. The number of H-pyrrole nitrogens is 1. The van der Waals surface area contributed by atoms with Crippen molar-refractivity contribution >= 4 is 23.3 Å². The number of alkyl halides is 3. The molecule has 0 saturated heterocycles. The van der Waals surface area contributed by atoms with Crippen LogP contribution in [0.2, 0.25) is 5.02 Å². The van der Waals surface area contributed by atoms with Crippen LogP contribution in [0.25, 0.3) is 11.1 Å². The number of benzene rings is 2. The first kappa shape index (κ1) is 18.0. The summed E-state index contributed by atoms with van der Waals surface area (Å²) in [4.78, 5) is 12.2. The minimum atomic E-state index is -4.63. The van der Waals surface area contributed by atoms with Crippen molar-refractivity contribution in [2.75, 3.05) is 5.32 Å². The summed E-state index contributed by atoms with van der Waals surface area (Å²) in [5, 5.41) is 8.62. The number of carbonyl (C=O) groups is 1. The van der Waals surface area contributed by atoms with Crippen molar-refractivity contribution in [2.24, 2.45) is 0 Å². The highest BCUT2D eigenvalue weighted by Gasteiger charge is 2.38. The zero-order valence-electron chi connectivity index (χ0n) is 13.3. The standard InChI is InChI=1S/C18H13ClF3N3O/c19-13-8-6-11(7-9-13)10-14(26)23-17-15(12-4-2-1-3-5-12)16(24-25-17)18(20,21)22/h1-9H,10H2,(H2,23,24,25,26). The molecule has 3 rings (SSSR count). The van der Waals surface area contributed by atoms with Gasteiger partial charge >= 0.3 is 6.18 Å². The first-order valence-corrected chi connectivity index (χ1v) is 7.97. The Bertz CT molecular complexity index is 906. The van der Waals surface area contributed by atoms with Gasteiger partial charge in [-0.3, -0.25) is 9.89 Å². The van der Waals surface area contributed by atoms with Gasteiger partial charge in [-0.05, 0) is 23.3 Å². The number of hydrogen-bond acceptors (Lipinski definition) is 2. The van der Waals surface area contributed by atoms with E-state index in [0.29, 0.717) is 16.1 Å². The maximum Gasteiger partial charge on any atom is 0.433 e. The predicted molar refractivity (Wildman–Crippen MR) is 92.8 cm³/mol. The van der Waals surface area contributed by atoms with E-state index in [2.05, 4.69) is 10.4 Å². The monoisotopic (exact) mass is 379 g/mol. The third kappa shape index (κ3) is 4.05. The molecule has 2 aromatic carbocycles. The van der Waals surface area contributed by atoms with Crippen molar-refractivity contribution in [3.8, 4) is 11.1 Å². The van der Waals surface area contributed by atoms with Gasteiger partial charge in [0.25, 0.3) is 0 Å². The second-order valence-corrected chi connectivity index (χ2v) is 5.97. The van der Waals surface area contributed by atoms with Crippen LogP contribution >= 0.6 is 11.6 Å². The molecule has 3 aromatic rings. The normalized spacial score (nSPS) is 11.4. The Morgan fingerprint density at radius 3 is 2.35 bits per heavy atom. The number of hydrogen-bond donors (Lipinski definition) is 2. The number of rotatable bonds is 4. The van der Waals surface area contributed by atoms with Crippen molar-refractivity contribution in [1.29, 1.82) is 0 Å². The fourth-order valence-electron chi connectivity index (χ4n) is 2.49. The van der Waals surface area contributed by atoms with E-state index in [1.165, 1.54) is 12.1 Å². The van der Waals surface area contributed by atoms with E-state index in [1.807, 2.05) is 5.10 Å². The van der Waals surface area contributed by atoms with E-state index in [-0.39, 0.29) is 17.8 Å². The van der Waals surface area contributed by atoms with Crippen LogP contribution in [0, 0.1) is 0 Å². The summed E-state index contributed by atoms with van der Waals surface area (Å²) in [6.45, 7) is 0. The molecule has 1 heterocycles. The zero-order chi connectivity index (χ0) is 18.7. The molecule has 0 aliphatic rings. The summed E-state index contributed by atoms with van der Waals surface area (Å²) in [5.74, 6) is -0.646. The topological polar surface area (TPSA) is 57.8 Å². The third-order valence-electron chi connectivity index (χ3n) is 3.65. The van der Waals surface area contributed by atoms with Gasteiger partial charge in [-0.25, -0.2) is 0 Å². The molecule has 0 aliphatic heterocycles. The Labute approximate surface area is 152 Å². The van der Waals surface area contributed by atoms with Gasteiger partial charge in [-0.1, -0.05) is 54.1 Å². The van der Waals surface area contributed by atoms with Gasteiger partial charge in [0.2, 0.25) is 5.91 Å². The molecule has 0 unspecified atom stereocenters. The number of aromatic amines is 1. The summed E-state index contributed by atoms with van der Waals surface area (Å²) >= 11 is 5.79. The van der Waals surface area contributed by atoms with E-state index in [0.717, 1.165) is 0 Å². The van der Waals surface area contributed by atoms with E-state index < -0.39 is 17.8 Å². The molecule has 0 atom stereocenters. The van der Waals surface area contributed by atoms with Crippen LogP contribution in [-0.4, -0.2) is 16.1 Å². The summed E-state index contributed by atoms with van der Waals surface area (Å²) < 4.78 is 39.8. The van der Waals surface area contributed by atoms with Crippen LogP contribution in [0.5, 0.6) is 0 Å². The van der Waals surface area contributed by atoms with E-state index in [9.17, 15) is 18.0 Å². The Morgan fingerprint density at radius 2 is 1.73 bits per heavy atom. The Kier molecular flexibility index (Phi) is 4.99. The first-order chi connectivity index (χ1) is 12.3. The Balaban J connectivity index is 1.89. The lowest BCUT2D eigenvalue weighted by molar-refractivity contribution is -0.140. The summed E-state index contributed by atoms with van der Waals surface area (Å²) in [5.41, 5.74) is -0.219. The number of aromatic nitrogens is 2. The highest BCUT2D eigenvalue weighted by molar-refractivity contribution is 6.30. The molecule has 0 radical (unpaired) electrons. The van der Waals surface area contributed by atoms with Crippen LogP contribution in [0.4, 0.5) is 19.0 Å². The molecule has 0 spiro atoms. The molecule has 1 aromatic heterocycles. The molecule has 2 N–H and O–H groups in total. The molecule has 26 heavy (non-hydrogen) atoms. The maximum atomic E-state index is 13.3. The van der Waals surface area contributed by atoms with Gasteiger partial charge in [0.15, 0.2) is 5.82 Å². The highest BCUT2D eigenvalue weighted by Crippen LogP contribution is 2.39. The van der Waals surface area contributed by atoms with Crippen molar-refractivity contribution in [1.82, 2.24) is 10.2 Å². The van der Waals surface area contributed by atoms with Crippen LogP contribution in [-0.2, 0) is 17.4 Å². The fourth-order valence-corrected chi connectivity index (χ4v) is 2.61. The van der Waals surface area contributed by atoms with Crippen LogP contribution in [0.15, 0.2) is 54.6 Å². The molecule has 0 saturated carbocycles. The van der Waals surface area contributed by atoms with E-state index >= 15 is 0 Å². The molecule has 134 valence electrons. The summed E-state index contributed by atoms with van der Waals surface area (Å²) in [6, 6.07) is 14.6. The van der Waals surface area contributed by atoms with Gasteiger partial charge in [-0.2, -0.15) is 18.3 Å². The van der Waals surface area contributed by atoms with Gasteiger partial charge in [0.1, 0.15) is 5.69 Å². The average molecular weight is 380 g/mol. The van der Waals surface area contributed by atoms with Gasteiger partial charge in [0, 0.05) is 5.02 Å². The maximum absolute atomic E-state index is 13.3. The molecule has 0 bridgehead atoms. The molecule has 0 aliphatic carbocycles. The third-order valence-corrected chi connectivity index (χ3v) is 3.90. The van der Waals surface area contributed by atoms with Gasteiger partial charge < -0.3 is 5.32 Å². The second-order valence-electron chi connectivity index (χ2n) is 5.54. The van der Waals surface area contributed by atoms with Crippen molar-refractivity contribution in [3.63, 3.8) is 0 Å². The number of nitrogens with one attached hydrogen (secondary N) is 2.